The summed E-state index contributed by atoms with van der Waals surface area (Å²) in [6.45, 7) is 2.63. The quantitative estimate of drug-likeness (QED) is 0.633. The minimum atomic E-state index is -0.367. The van der Waals surface area contributed by atoms with Gasteiger partial charge in [-0.3, -0.25) is 9.59 Å². The molecule has 3 rings (SSSR count). The molecule has 0 aliphatic carbocycles. The van der Waals surface area contributed by atoms with Crippen LogP contribution in [0.5, 0.6) is 5.75 Å². The standard InChI is InChI=1S/C21H23N3O3S/c1-3-7-18-23-16(14-28-18)12-22-21(26)19-20(17(25)10-11-24(19)2)27-13-15-8-5-4-6-9-15/h4-6,8-11,14H,3,7,12-13H2,1-2H3,(H,22,26). The van der Waals surface area contributed by atoms with E-state index in [4.69, 9.17) is 4.74 Å². The molecule has 0 aliphatic heterocycles. The SMILES string of the molecule is CCCc1nc(CNC(=O)c2c(OCc3ccccc3)c(=O)ccn2C)cs1. The van der Waals surface area contributed by atoms with Crippen LogP contribution in [-0.4, -0.2) is 15.5 Å². The van der Waals surface area contributed by atoms with Gasteiger partial charge in [-0.1, -0.05) is 37.3 Å². The Balaban J connectivity index is 1.74. The van der Waals surface area contributed by atoms with Gasteiger partial charge >= 0.3 is 0 Å². The first-order valence-electron chi connectivity index (χ1n) is 9.16. The number of carbonyl (C=O) groups is 1. The van der Waals surface area contributed by atoms with Gasteiger partial charge in [0.25, 0.3) is 5.91 Å². The third kappa shape index (κ3) is 4.86. The summed E-state index contributed by atoms with van der Waals surface area (Å²) < 4.78 is 7.33. The van der Waals surface area contributed by atoms with E-state index in [0.29, 0.717) is 6.54 Å². The van der Waals surface area contributed by atoms with Crippen molar-refractivity contribution < 1.29 is 9.53 Å². The maximum Gasteiger partial charge on any atom is 0.272 e. The summed E-state index contributed by atoms with van der Waals surface area (Å²) in [4.78, 5) is 29.6. The van der Waals surface area contributed by atoms with Crippen molar-refractivity contribution >= 4 is 17.2 Å². The van der Waals surface area contributed by atoms with Crippen LogP contribution < -0.4 is 15.5 Å². The molecular formula is C21H23N3O3S. The molecule has 0 atom stereocenters. The summed E-state index contributed by atoms with van der Waals surface area (Å²) in [6, 6.07) is 10.9. The zero-order valence-corrected chi connectivity index (χ0v) is 16.8. The molecule has 0 aliphatic rings. The van der Waals surface area contributed by atoms with Crippen LogP contribution in [0.4, 0.5) is 0 Å². The number of pyridine rings is 1. The summed E-state index contributed by atoms with van der Waals surface area (Å²) >= 11 is 1.59. The number of amides is 1. The second kappa shape index (κ2) is 9.32. The van der Waals surface area contributed by atoms with Gasteiger partial charge in [-0.25, -0.2) is 4.98 Å². The number of carbonyl (C=O) groups excluding carboxylic acids is 1. The fourth-order valence-electron chi connectivity index (χ4n) is 2.75. The van der Waals surface area contributed by atoms with Crippen molar-refractivity contribution in [3.05, 3.63) is 80.2 Å². The van der Waals surface area contributed by atoms with E-state index in [9.17, 15) is 9.59 Å². The summed E-state index contributed by atoms with van der Waals surface area (Å²) in [7, 11) is 1.71. The van der Waals surface area contributed by atoms with Crippen LogP contribution in [0.15, 0.2) is 52.8 Å². The highest BCUT2D eigenvalue weighted by Gasteiger charge is 2.19. The monoisotopic (exact) mass is 397 g/mol. The van der Waals surface area contributed by atoms with Gasteiger partial charge in [0.2, 0.25) is 5.43 Å². The molecule has 0 spiro atoms. The Labute approximate surface area is 167 Å². The maximum atomic E-state index is 12.8. The van der Waals surface area contributed by atoms with Crippen LogP contribution in [0, 0.1) is 0 Å². The average Bonchev–Trinajstić information content (AvgIpc) is 3.15. The number of ether oxygens (including phenoxy) is 1. The van der Waals surface area contributed by atoms with Crippen molar-refractivity contribution in [2.75, 3.05) is 0 Å². The largest absolute Gasteiger partial charge is 0.483 e. The van der Waals surface area contributed by atoms with Gasteiger partial charge in [0.05, 0.1) is 17.2 Å². The molecule has 1 amide bonds. The van der Waals surface area contributed by atoms with E-state index in [-0.39, 0.29) is 29.4 Å². The van der Waals surface area contributed by atoms with Gasteiger partial charge in [-0.15, -0.1) is 11.3 Å². The maximum absolute atomic E-state index is 12.8. The third-order valence-corrected chi connectivity index (χ3v) is 5.13. The molecule has 1 N–H and O–H groups in total. The van der Waals surface area contributed by atoms with E-state index >= 15 is 0 Å². The summed E-state index contributed by atoms with van der Waals surface area (Å²) in [5.74, 6) is -0.315. The molecule has 3 aromatic rings. The second-order valence-electron chi connectivity index (χ2n) is 6.41. The molecule has 0 radical (unpaired) electrons. The molecule has 6 nitrogen and oxygen atoms in total. The Kier molecular flexibility index (Phi) is 6.60. The Morgan fingerprint density at radius 1 is 1.25 bits per heavy atom. The zero-order chi connectivity index (χ0) is 19.9. The van der Waals surface area contributed by atoms with Crippen molar-refractivity contribution in [3.8, 4) is 5.75 Å². The number of aryl methyl sites for hydroxylation is 2. The molecule has 0 unspecified atom stereocenters. The first kappa shape index (κ1) is 19.8. The molecule has 0 bridgehead atoms. The molecule has 7 heteroatoms. The third-order valence-electron chi connectivity index (χ3n) is 4.18. The highest BCUT2D eigenvalue weighted by Crippen LogP contribution is 2.16. The first-order valence-corrected chi connectivity index (χ1v) is 10.0. The summed E-state index contributed by atoms with van der Waals surface area (Å²) in [5, 5.41) is 5.85. The van der Waals surface area contributed by atoms with E-state index in [1.54, 1.807) is 29.1 Å². The first-order chi connectivity index (χ1) is 13.6. The second-order valence-corrected chi connectivity index (χ2v) is 7.35. The predicted molar refractivity (Wildman–Crippen MR) is 110 cm³/mol. The van der Waals surface area contributed by atoms with E-state index in [1.807, 2.05) is 35.7 Å². The topological polar surface area (TPSA) is 73.2 Å². The zero-order valence-electron chi connectivity index (χ0n) is 16.0. The highest BCUT2D eigenvalue weighted by molar-refractivity contribution is 7.09. The van der Waals surface area contributed by atoms with Gasteiger partial charge in [0, 0.05) is 24.7 Å². The lowest BCUT2D eigenvalue weighted by molar-refractivity contribution is 0.0935. The number of hydrogen-bond acceptors (Lipinski definition) is 5. The molecule has 0 fully saturated rings. The van der Waals surface area contributed by atoms with Crippen LogP contribution in [0.1, 0.15) is 40.1 Å². The number of rotatable bonds is 8. The molecule has 0 saturated heterocycles. The average molecular weight is 398 g/mol. The minimum Gasteiger partial charge on any atom is -0.483 e. The Morgan fingerprint density at radius 3 is 2.79 bits per heavy atom. The van der Waals surface area contributed by atoms with Crippen LogP contribution >= 0.6 is 11.3 Å². The van der Waals surface area contributed by atoms with Crippen molar-refractivity contribution in [2.45, 2.75) is 32.9 Å². The minimum absolute atomic E-state index is 0.0521. The number of thiazole rings is 1. The van der Waals surface area contributed by atoms with Gasteiger partial charge in [0.15, 0.2) is 11.4 Å². The number of nitrogens with one attached hydrogen (secondary N) is 1. The van der Waals surface area contributed by atoms with Crippen LogP contribution in [0.2, 0.25) is 0 Å². The van der Waals surface area contributed by atoms with Crippen LogP contribution in [0.3, 0.4) is 0 Å². The summed E-state index contributed by atoms with van der Waals surface area (Å²) in [5.41, 5.74) is 1.62. The normalized spacial score (nSPS) is 10.6. The van der Waals surface area contributed by atoms with Crippen molar-refractivity contribution in [1.82, 2.24) is 14.9 Å². The number of benzene rings is 1. The van der Waals surface area contributed by atoms with E-state index < -0.39 is 0 Å². The van der Waals surface area contributed by atoms with Gasteiger partial charge in [0.1, 0.15) is 6.61 Å². The lowest BCUT2D eigenvalue weighted by atomic mass is 10.2. The van der Waals surface area contributed by atoms with Crippen LogP contribution in [-0.2, 0) is 26.6 Å². The Hall–Kier alpha value is -2.93. The van der Waals surface area contributed by atoms with E-state index in [1.165, 1.54) is 6.07 Å². The molecule has 28 heavy (non-hydrogen) atoms. The van der Waals surface area contributed by atoms with Gasteiger partial charge in [-0.2, -0.15) is 0 Å². The molecule has 146 valence electrons. The Bertz CT molecular complexity index is 996. The fourth-order valence-corrected chi connectivity index (χ4v) is 3.65. The summed E-state index contributed by atoms with van der Waals surface area (Å²) in [6.07, 6.45) is 3.53. The number of nitrogens with zero attached hydrogens (tertiary/aromatic N) is 2. The van der Waals surface area contributed by atoms with Crippen LogP contribution in [0.25, 0.3) is 0 Å². The molecule has 0 saturated carbocycles. The Morgan fingerprint density at radius 2 is 2.04 bits per heavy atom. The van der Waals surface area contributed by atoms with Crippen molar-refractivity contribution in [1.29, 1.82) is 0 Å². The van der Waals surface area contributed by atoms with Gasteiger partial charge < -0.3 is 14.6 Å². The molecule has 1 aromatic carbocycles. The fraction of sp³-hybridized carbons (Fsp3) is 0.286. The molecular weight excluding hydrogens is 374 g/mol. The lowest BCUT2D eigenvalue weighted by Crippen LogP contribution is -2.29. The molecule has 2 aromatic heterocycles. The highest BCUT2D eigenvalue weighted by atomic mass is 32.1. The molecule has 2 heterocycles. The van der Waals surface area contributed by atoms with E-state index in [2.05, 4.69) is 17.2 Å². The van der Waals surface area contributed by atoms with Crippen molar-refractivity contribution in [2.24, 2.45) is 7.05 Å². The number of hydrogen-bond donors (Lipinski definition) is 1. The predicted octanol–water partition coefficient (Wildman–Crippen LogP) is 3.30. The smallest absolute Gasteiger partial charge is 0.272 e. The lowest BCUT2D eigenvalue weighted by Gasteiger charge is -2.14. The van der Waals surface area contributed by atoms with Crippen molar-refractivity contribution in [3.63, 3.8) is 0 Å². The van der Waals surface area contributed by atoms with E-state index in [0.717, 1.165) is 29.1 Å². The van der Waals surface area contributed by atoms with Gasteiger partial charge in [-0.05, 0) is 18.4 Å². The number of aromatic nitrogens is 2.